The summed E-state index contributed by atoms with van der Waals surface area (Å²) in [6.07, 6.45) is -4.60. The van der Waals surface area contributed by atoms with Gasteiger partial charge in [0.2, 0.25) is 5.78 Å². The highest BCUT2D eigenvalue weighted by Gasteiger charge is 2.49. The van der Waals surface area contributed by atoms with Gasteiger partial charge in [-0.3, -0.25) is 14.4 Å². The molecular weight excluding hydrogens is 534 g/mol. The molecular formula is C27H28ClNO10. The molecule has 0 saturated carbocycles. The molecule has 39 heavy (non-hydrogen) atoms. The molecule has 11 nitrogen and oxygen atoms in total. The Morgan fingerprint density at radius 3 is 2.49 bits per heavy atom. The molecule has 12 heteroatoms. The quantitative estimate of drug-likeness (QED) is 0.227. The molecule has 2 aliphatic carbocycles. The topological polar surface area (TPSA) is 172 Å². The van der Waals surface area contributed by atoms with Gasteiger partial charge in [0.1, 0.15) is 22.8 Å². The zero-order chi connectivity index (χ0) is 28.4. The molecule has 0 spiro atoms. The molecule has 0 aromatic heterocycles. The molecule has 2 aromatic rings. The minimum absolute atomic E-state index is 0.0188. The lowest BCUT2D eigenvalue weighted by Crippen LogP contribution is -2.52. The monoisotopic (exact) mass is 561 g/mol. The van der Waals surface area contributed by atoms with Gasteiger partial charge in [0, 0.05) is 36.0 Å². The first-order valence-corrected chi connectivity index (χ1v) is 12.8. The minimum Gasteiger partial charge on any atom is -0.507 e. The molecule has 2 aromatic carbocycles. The van der Waals surface area contributed by atoms with Crippen molar-refractivity contribution in [2.24, 2.45) is 0 Å². The number of phenolic OH excluding ortho intramolecular Hbond substituents is 2. The molecule has 3 aliphatic rings. The highest BCUT2D eigenvalue weighted by Crippen LogP contribution is 2.52. The average Bonchev–Trinajstić information content (AvgIpc) is 2.90. The molecule has 6 atom stereocenters. The van der Waals surface area contributed by atoms with Crippen LogP contribution in [0.15, 0.2) is 18.2 Å². The van der Waals surface area contributed by atoms with Gasteiger partial charge in [0.05, 0.1) is 48.2 Å². The van der Waals surface area contributed by atoms with E-state index < -0.39 is 82.6 Å². The van der Waals surface area contributed by atoms with Crippen LogP contribution in [-0.2, 0) is 20.7 Å². The number of ketones is 3. The van der Waals surface area contributed by atoms with E-state index in [1.165, 1.54) is 32.2 Å². The fraction of sp³-hybridized carbons (Fsp3) is 0.444. The van der Waals surface area contributed by atoms with E-state index in [0.717, 1.165) is 0 Å². The predicted octanol–water partition coefficient (Wildman–Crippen LogP) is 1.81. The van der Waals surface area contributed by atoms with Crippen LogP contribution >= 0.6 is 11.8 Å². The summed E-state index contributed by atoms with van der Waals surface area (Å²) in [7, 11) is 1.34. The Kier molecular flexibility index (Phi) is 6.94. The number of rotatable bonds is 5. The van der Waals surface area contributed by atoms with E-state index in [2.05, 4.69) is 4.84 Å². The van der Waals surface area contributed by atoms with Crippen molar-refractivity contribution in [1.82, 2.24) is 4.84 Å². The lowest BCUT2D eigenvalue weighted by molar-refractivity contribution is -0.248. The first-order chi connectivity index (χ1) is 18.4. The van der Waals surface area contributed by atoms with Gasteiger partial charge < -0.3 is 34.6 Å². The van der Waals surface area contributed by atoms with Crippen molar-refractivity contribution in [3.8, 4) is 17.2 Å². The lowest BCUT2D eigenvalue weighted by atomic mass is 9.72. The van der Waals surface area contributed by atoms with E-state index in [-0.39, 0.29) is 40.8 Å². The standard InChI is InChI=1S/C27H28ClNO10/c1-10-22(31)14(29-28)7-17(38-10)39-16-9-27(36,11(2)30)8-13-19(16)26(35)21-20(24(13)33)23(32)12-5-4-6-15(37-3)18(12)25(21)34/h4-6,10,14,16-17,22,29,31,33,35-36H,7-9H2,1-3H3/t10?,14?,16-,17?,22?,27-/m0/s1. The molecule has 1 aliphatic heterocycles. The summed E-state index contributed by atoms with van der Waals surface area (Å²) in [5.74, 6) is -3.21. The molecule has 1 fully saturated rings. The maximum Gasteiger partial charge on any atom is 0.202 e. The molecule has 5 rings (SSSR count). The number of hydrogen-bond acceptors (Lipinski definition) is 11. The highest BCUT2D eigenvalue weighted by molar-refractivity contribution is 6.31. The first kappa shape index (κ1) is 27.5. The molecule has 0 amide bonds. The molecule has 1 saturated heterocycles. The van der Waals surface area contributed by atoms with Crippen LogP contribution in [0.1, 0.15) is 75.8 Å². The molecule has 4 unspecified atom stereocenters. The molecule has 5 N–H and O–H groups in total. The Balaban J connectivity index is 1.67. The SMILES string of the molecule is COc1cccc2c1C(=O)c1c(O)c3c(c(O)c1C2=O)C[C@@](O)(C(C)=O)C[C@@H]3OC1CC(NCl)C(O)C(C)O1. The third-order valence-electron chi connectivity index (χ3n) is 7.89. The van der Waals surface area contributed by atoms with Crippen molar-refractivity contribution >= 4 is 29.1 Å². The second-order valence-corrected chi connectivity index (χ2v) is 10.4. The Bertz CT molecular complexity index is 1390. The zero-order valence-corrected chi connectivity index (χ0v) is 22.1. The number of benzene rings is 2. The molecule has 1 heterocycles. The number of phenols is 2. The second kappa shape index (κ2) is 9.84. The van der Waals surface area contributed by atoms with Gasteiger partial charge in [-0.05, 0) is 31.7 Å². The number of halogens is 1. The first-order valence-electron chi connectivity index (χ1n) is 12.4. The number of nitrogens with one attached hydrogen (secondary N) is 1. The number of hydrogen-bond donors (Lipinski definition) is 5. The predicted molar refractivity (Wildman–Crippen MR) is 135 cm³/mol. The van der Waals surface area contributed by atoms with E-state index >= 15 is 0 Å². The van der Waals surface area contributed by atoms with Crippen LogP contribution in [0.3, 0.4) is 0 Å². The van der Waals surface area contributed by atoms with Crippen molar-refractivity contribution in [2.75, 3.05) is 7.11 Å². The number of aliphatic hydroxyl groups excluding tert-OH is 1. The number of carbonyl (C=O) groups excluding carboxylic acids is 3. The van der Waals surface area contributed by atoms with Crippen LogP contribution in [0.25, 0.3) is 0 Å². The van der Waals surface area contributed by atoms with Gasteiger partial charge in [0.15, 0.2) is 17.9 Å². The van der Waals surface area contributed by atoms with Crippen molar-refractivity contribution in [3.05, 3.63) is 51.6 Å². The zero-order valence-electron chi connectivity index (χ0n) is 21.4. The normalized spacial score (nSPS) is 29.8. The van der Waals surface area contributed by atoms with E-state index in [0.29, 0.717) is 0 Å². The number of aromatic hydroxyl groups is 2. The van der Waals surface area contributed by atoms with Gasteiger partial charge >= 0.3 is 0 Å². The Labute approximate surface area is 228 Å². The highest BCUT2D eigenvalue weighted by atomic mass is 35.5. The van der Waals surface area contributed by atoms with E-state index in [9.17, 15) is 34.8 Å². The summed E-state index contributed by atoms with van der Waals surface area (Å²) in [4.78, 5) is 42.2. The summed E-state index contributed by atoms with van der Waals surface area (Å²) >= 11 is 5.78. The number of aliphatic hydroxyl groups is 2. The van der Waals surface area contributed by atoms with Crippen LogP contribution in [0.5, 0.6) is 17.2 Å². The summed E-state index contributed by atoms with van der Waals surface area (Å²) in [5.41, 5.74) is -3.09. The third kappa shape index (κ3) is 4.21. The molecule has 0 bridgehead atoms. The van der Waals surface area contributed by atoms with Crippen LogP contribution in [0.4, 0.5) is 0 Å². The van der Waals surface area contributed by atoms with E-state index in [1.807, 2.05) is 0 Å². The van der Waals surface area contributed by atoms with Crippen LogP contribution in [0.2, 0.25) is 0 Å². The number of ether oxygens (including phenoxy) is 3. The Hall–Kier alpha value is -3.06. The van der Waals surface area contributed by atoms with Crippen molar-refractivity contribution < 1.29 is 49.0 Å². The van der Waals surface area contributed by atoms with Crippen LogP contribution < -0.4 is 9.57 Å². The van der Waals surface area contributed by atoms with Gasteiger partial charge in [-0.25, -0.2) is 4.84 Å². The number of carbonyl (C=O) groups is 3. The van der Waals surface area contributed by atoms with Crippen LogP contribution in [-0.4, -0.2) is 75.0 Å². The van der Waals surface area contributed by atoms with E-state index in [1.54, 1.807) is 6.92 Å². The van der Waals surface area contributed by atoms with Gasteiger partial charge in [0.25, 0.3) is 0 Å². The molecule has 0 radical (unpaired) electrons. The number of fused-ring (bicyclic) bond motifs is 3. The van der Waals surface area contributed by atoms with Gasteiger partial charge in [-0.15, -0.1) is 0 Å². The summed E-state index contributed by atoms with van der Waals surface area (Å²) in [6, 6.07) is 3.81. The summed E-state index contributed by atoms with van der Waals surface area (Å²) < 4.78 is 17.2. The second-order valence-electron chi connectivity index (χ2n) is 10.2. The van der Waals surface area contributed by atoms with Crippen molar-refractivity contribution in [3.63, 3.8) is 0 Å². The van der Waals surface area contributed by atoms with Crippen molar-refractivity contribution in [2.45, 2.75) is 69.4 Å². The van der Waals surface area contributed by atoms with Gasteiger partial charge in [-0.2, -0.15) is 0 Å². The summed E-state index contributed by atoms with van der Waals surface area (Å²) in [6.45, 7) is 2.79. The smallest absolute Gasteiger partial charge is 0.202 e. The lowest BCUT2D eigenvalue weighted by Gasteiger charge is -2.42. The third-order valence-corrected chi connectivity index (χ3v) is 8.17. The largest absolute Gasteiger partial charge is 0.507 e. The maximum atomic E-state index is 13.7. The minimum atomic E-state index is -2.01. The number of methoxy groups -OCH3 is 1. The Morgan fingerprint density at radius 2 is 1.85 bits per heavy atom. The van der Waals surface area contributed by atoms with Crippen molar-refractivity contribution in [1.29, 1.82) is 0 Å². The van der Waals surface area contributed by atoms with Crippen LogP contribution in [0, 0.1) is 0 Å². The average molecular weight is 562 g/mol. The maximum absolute atomic E-state index is 13.7. The fourth-order valence-electron chi connectivity index (χ4n) is 5.73. The Morgan fingerprint density at radius 1 is 1.15 bits per heavy atom. The summed E-state index contributed by atoms with van der Waals surface area (Å²) in [5, 5.41) is 44.4. The van der Waals surface area contributed by atoms with Gasteiger partial charge in [-0.1, -0.05) is 12.1 Å². The number of Topliss-reactive ketones (excluding diaryl/α,β-unsaturated/α-hetero) is 1. The fourth-order valence-corrected chi connectivity index (χ4v) is 5.95. The molecule has 208 valence electrons. The van der Waals surface area contributed by atoms with E-state index in [4.69, 9.17) is 26.0 Å².